The van der Waals surface area contributed by atoms with E-state index in [4.69, 9.17) is 4.74 Å². The van der Waals surface area contributed by atoms with Crippen LogP contribution in [0, 0.1) is 0 Å². The molecule has 19 heavy (non-hydrogen) atoms. The van der Waals surface area contributed by atoms with Crippen molar-refractivity contribution in [2.75, 3.05) is 19.7 Å². The molecular formula is C14H19BrN2O2. The van der Waals surface area contributed by atoms with Crippen molar-refractivity contribution in [1.82, 2.24) is 10.6 Å². The second-order valence-corrected chi connectivity index (χ2v) is 4.74. The highest BCUT2D eigenvalue weighted by molar-refractivity contribution is 9.10. The number of para-hydroxylation sites is 1. The first kappa shape index (κ1) is 15.7. The minimum Gasteiger partial charge on any atom is -0.482 e. The van der Waals surface area contributed by atoms with Gasteiger partial charge in [-0.25, -0.2) is 0 Å². The number of halogens is 1. The zero-order chi connectivity index (χ0) is 14.1. The third-order valence-corrected chi connectivity index (χ3v) is 3.03. The molecule has 104 valence electrons. The Morgan fingerprint density at radius 2 is 2.32 bits per heavy atom. The van der Waals surface area contributed by atoms with Gasteiger partial charge in [0.2, 0.25) is 0 Å². The molecule has 0 aliphatic rings. The molecule has 0 saturated heterocycles. The number of carbonyl (C=O) groups is 1. The highest BCUT2D eigenvalue weighted by atomic mass is 79.9. The van der Waals surface area contributed by atoms with E-state index in [0.717, 1.165) is 16.6 Å². The van der Waals surface area contributed by atoms with Crippen LogP contribution < -0.4 is 15.4 Å². The first-order chi connectivity index (χ1) is 9.19. The minimum absolute atomic E-state index is 0.00439. The summed E-state index contributed by atoms with van der Waals surface area (Å²) in [6, 6.07) is 5.82. The molecule has 4 nitrogen and oxygen atoms in total. The molecule has 0 aliphatic carbocycles. The predicted octanol–water partition coefficient (Wildman–Crippen LogP) is 2.24. The summed E-state index contributed by atoms with van der Waals surface area (Å²) in [6.45, 7) is 7.62. The molecule has 0 atom stereocenters. The number of hydrogen-bond acceptors (Lipinski definition) is 3. The van der Waals surface area contributed by atoms with Crippen molar-refractivity contribution in [2.24, 2.45) is 0 Å². The lowest BCUT2D eigenvalue weighted by Crippen LogP contribution is -2.29. The molecule has 0 bridgehead atoms. The standard InChI is InChI=1S/C14H19BrN2O2/c1-3-8-17-13(18)10-19-14-11(9-16-4-2)6-5-7-12(14)15/h3,5-7,16H,1,4,8-10H2,2H3,(H,17,18). The van der Waals surface area contributed by atoms with E-state index in [0.29, 0.717) is 18.8 Å². The molecular weight excluding hydrogens is 308 g/mol. The summed E-state index contributed by atoms with van der Waals surface area (Å²) >= 11 is 3.44. The fourth-order valence-electron chi connectivity index (χ4n) is 1.49. The topological polar surface area (TPSA) is 50.4 Å². The van der Waals surface area contributed by atoms with Gasteiger partial charge in [-0.3, -0.25) is 4.79 Å². The Bertz CT molecular complexity index is 435. The van der Waals surface area contributed by atoms with Gasteiger partial charge in [0.1, 0.15) is 5.75 Å². The largest absolute Gasteiger partial charge is 0.482 e. The SMILES string of the molecule is C=CCNC(=O)COc1c(Br)cccc1CNCC. The summed E-state index contributed by atoms with van der Waals surface area (Å²) in [7, 11) is 0. The van der Waals surface area contributed by atoms with E-state index in [2.05, 4.69) is 33.1 Å². The Balaban J connectivity index is 2.65. The van der Waals surface area contributed by atoms with Crippen molar-refractivity contribution in [3.63, 3.8) is 0 Å². The van der Waals surface area contributed by atoms with Crippen LogP contribution in [-0.2, 0) is 11.3 Å². The monoisotopic (exact) mass is 326 g/mol. The number of amides is 1. The summed E-state index contributed by atoms with van der Waals surface area (Å²) in [4.78, 5) is 11.5. The summed E-state index contributed by atoms with van der Waals surface area (Å²) in [5.41, 5.74) is 1.02. The first-order valence-electron chi connectivity index (χ1n) is 6.17. The Labute approximate surface area is 122 Å². The second kappa shape index (κ2) is 8.72. The normalized spacial score (nSPS) is 10.0. The molecule has 0 radical (unpaired) electrons. The maximum absolute atomic E-state index is 11.5. The zero-order valence-corrected chi connectivity index (χ0v) is 12.6. The van der Waals surface area contributed by atoms with Crippen LogP contribution in [0.5, 0.6) is 5.75 Å². The van der Waals surface area contributed by atoms with E-state index in [9.17, 15) is 4.79 Å². The van der Waals surface area contributed by atoms with Gasteiger partial charge in [-0.15, -0.1) is 6.58 Å². The molecule has 1 amide bonds. The second-order valence-electron chi connectivity index (χ2n) is 3.89. The number of ether oxygens (including phenoxy) is 1. The van der Waals surface area contributed by atoms with E-state index in [1.165, 1.54) is 0 Å². The van der Waals surface area contributed by atoms with Crippen LogP contribution in [0.15, 0.2) is 35.3 Å². The molecule has 0 aromatic heterocycles. The lowest BCUT2D eigenvalue weighted by atomic mass is 10.2. The van der Waals surface area contributed by atoms with Gasteiger partial charge in [-0.2, -0.15) is 0 Å². The Kier molecular flexibility index (Phi) is 7.22. The molecule has 0 aliphatic heterocycles. The van der Waals surface area contributed by atoms with Crippen molar-refractivity contribution >= 4 is 21.8 Å². The van der Waals surface area contributed by atoms with Crippen LogP contribution in [0.1, 0.15) is 12.5 Å². The summed E-state index contributed by atoms with van der Waals surface area (Å²) in [5.74, 6) is 0.544. The Morgan fingerprint density at radius 1 is 1.53 bits per heavy atom. The van der Waals surface area contributed by atoms with Crippen LogP contribution in [0.25, 0.3) is 0 Å². The molecule has 0 heterocycles. The predicted molar refractivity (Wildman–Crippen MR) is 80.2 cm³/mol. The number of rotatable bonds is 8. The van der Waals surface area contributed by atoms with E-state index >= 15 is 0 Å². The van der Waals surface area contributed by atoms with Gasteiger partial charge in [0, 0.05) is 18.7 Å². The zero-order valence-electron chi connectivity index (χ0n) is 11.0. The van der Waals surface area contributed by atoms with Crippen molar-refractivity contribution in [2.45, 2.75) is 13.5 Å². The van der Waals surface area contributed by atoms with Crippen LogP contribution >= 0.6 is 15.9 Å². The Morgan fingerprint density at radius 3 is 3.00 bits per heavy atom. The smallest absolute Gasteiger partial charge is 0.258 e. The van der Waals surface area contributed by atoms with Gasteiger partial charge in [0.15, 0.2) is 6.61 Å². The molecule has 0 unspecified atom stereocenters. The Hall–Kier alpha value is -1.33. The van der Waals surface area contributed by atoms with Crippen molar-refractivity contribution < 1.29 is 9.53 Å². The minimum atomic E-state index is -0.162. The van der Waals surface area contributed by atoms with Crippen LogP contribution in [0.4, 0.5) is 0 Å². The molecule has 0 spiro atoms. The first-order valence-corrected chi connectivity index (χ1v) is 6.96. The fourth-order valence-corrected chi connectivity index (χ4v) is 2.01. The van der Waals surface area contributed by atoms with E-state index in [1.54, 1.807) is 6.08 Å². The van der Waals surface area contributed by atoms with Gasteiger partial charge in [0.05, 0.1) is 4.47 Å². The number of carbonyl (C=O) groups excluding carboxylic acids is 1. The summed E-state index contributed by atoms with van der Waals surface area (Å²) in [6.07, 6.45) is 1.63. The summed E-state index contributed by atoms with van der Waals surface area (Å²) in [5, 5.41) is 5.91. The number of benzene rings is 1. The van der Waals surface area contributed by atoms with E-state index in [1.807, 2.05) is 25.1 Å². The third kappa shape index (κ3) is 5.44. The van der Waals surface area contributed by atoms with Gasteiger partial charge < -0.3 is 15.4 Å². The molecule has 0 fully saturated rings. The molecule has 0 saturated carbocycles. The molecule has 1 aromatic rings. The average molecular weight is 327 g/mol. The molecule has 1 aromatic carbocycles. The van der Waals surface area contributed by atoms with E-state index < -0.39 is 0 Å². The number of nitrogens with one attached hydrogen (secondary N) is 2. The summed E-state index contributed by atoms with van der Waals surface area (Å²) < 4.78 is 6.44. The van der Waals surface area contributed by atoms with E-state index in [-0.39, 0.29) is 12.5 Å². The average Bonchev–Trinajstić information content (AvgIpc) is 2.41. The maximum atomic E-state index is 11.5. The van der Waals surface area contributed by atoms with Crippen LogP contribution in [-0.4, -0.2) is 25.6 Å². The molecule has 2 N–H and O–H groups in total. The van der Waals surface area contributed by atoms with Crippen LogP contribution in [0.2, 0.25) is 0 Å². The molecule has 5 heteroatoms. The fraction of sp³-hybridized carbons (Fsp3) is 0.357. The van der Waals surface area contributed by atoms with Gasteiger partial charge >= 0.3 is 0 Å². The van der Waals surface area contributed by atoms with Crippen molar-refractivity contribution in [3.05, 3.63) is 40.9 Å². The van der Waals surface area contributed by atoms with Crippen LogP contribution in [0.3, 0.4) is 0 Å². The quantitative estimate of drug-likeness (QED) is 0.720. The van der Waals surface area contributed by atoms with Crippen molar-refractivity contribution in [1.29, 1.82) is 0 Å². The highest BCUT2D eigenvalue weighted by Gasteiger charge is 2.09. The highest BCUT2D eigenvalue weighted by Crippen LogP contribution is 2.28. The van der Waals surface area contributed by atoms with Crippen molar-refractivity contribution in [3.8, 4) is 5.75 Å². The van der Waals surface area contributed by atoms with Gasteiger partial charge in [0.25, 0.3) is 5.91 Å². The third-order valence-electron chi connectivity index (χ3n) is 2.41. The number of hydrogen-bond donors (Lipinski definition) is 2. The molecule has 1 rings (SSSR count). The maximum Gasteiger partial charge on any atom is 0.258 e. The lowest BCUT2D eigenvalue weighted by molar-refractivity contribution is -0.122. The van der Waals surface area contributed by atoms with Gasteiger partial charge in [-0.1, -0.05) is 25.1 Å². The van der Waals surface area contributed by atoms with Gasteiger partial charge in [-0.05, 0) is 28.5 Å². The lowest BCUT2D eigenvalue weighted by Gasteiger charge is -2.13.